The van der Waals surface area contributed by atoms with Gasteiger partial charge in [0.15, 0.2) is 0 Å². The summed E-state index contributed by atoms with van der Waals surface area (Å²) in [6.07, 6.45) is 2.24. The average Bonchev–Trinajstić information content (AvgIpc) is 3.41. The van der Waals surface area contributed by atoms with Crippen LogP contribution in [0.3, 0.4) is 0 Å². The largest absolute Gasteiger partial charge is 0.341 e. The average molecular weight is 370 g/mol. The van der Waals surface area contributed by atoms with Gasteiger partial charge in [-0.05, 0) is 36.6 Å². The van der Waals surface area contributed by atoms with E-state index in [1.54, 1.807) is 16.7 Å². The lowest BCUT2D eigenvalue weighted by Crippen LogP contribution is -2.26. The first-order valence-electron chi connectivity index (χ1n) is 9.37. The van der Waals surface area contributed by atoms with E-state index >= 15 is 0 Å². The van der Waals surface area contributed by atoms with E-state index < -0.39 is 0 Å². The summed E-state index contributed by atoms with van der Waals surface area (Å²) in [5, 5.41) is 18.6. The molecule has 1 fully saturated rings. The molecular weight excluding hydrogens is 352 g/mol. The Morgan fingerprint density at radius 2 is 1.82 bits per heavy atom. The van der Waals surface area contributed by atoms with Gasteiger partial charge in [0, 0.05) is 13.1 Å². The van der Waals surface area contributed by atoms with Crippen molar-refractivity contribution in [1.29, 1.82) is 5.26 Å². The molecule has 0 unspecified atom stereocenters. The topological polar surface area (TPSA) is 79.2 Å². The molecule has 4 aromatic rings. The second-order valence-electron chi connectivity index (χ2n) is 7.05. The van der Waals surface area contributed by atoms with E-state index in [2.05, 4.69) is 21.2 Å². The fourth-order valence-corrected chi connectivity index (χ4v) is 3.90. The van der Waals surface area contributed by atoms with Gasteiger partial charge in [0.1, 0.15) is 0 Å². The fourth-order valence-electron chi connectivity index (χ4n) is 3.90. The van der Waals surface area contributed by atoms with Gasteiger partial charge in [0.2, 0.25) is 11.7 Å². The molecule has 1 aliphatic rings. The van der Waals surface area contributed by atoms with Crippen LogP contribution in [0, 0.1) is 11.3 Å². The predicted molar refractivity (Wildman–Crippen MR) is 106 cm³/mol. The van der Waals surface area contributed by atoms with Crippen molar-refractivity contribution in [3.8, 4) is 6.07 Å². The summed E-state index contributed by atoms with van der Waals surface area (Å²) in [7, 11) is 0. The molecule has 138 valence electrons. The van der Waals surface area contributed by atoms with Gasteiger partial charge in [-0.2, -0.15) is 5.26 Å². The number of nitrogens with zero attached hydrogens (tertiary/aromatic N) is 6. The van der Waals surface area contributed by atoms with Crippen LogP contribution in [-0.4, -0.2) is 32.3 Å². The summed E-state index contributed by atoms with van der Waals surface area (Å²) in [5.74, 6) is 1.27. The van der Waals surface area contributed by atoms with Crippen molar-refractivity contribution in [3.05, 3.63) is 70.0 Å². The smallest absolute Gasteiger partial charge is 0.263 e. The quantitative estimate of drug-likeness (QED) is 0.554. The van der Waals surface area contributed by atoms with Crippen LogP contribution in [0.2, 0.25) is 0 Å². The van der Waals surface area contributed by atoms with E-state index in [1.165, 1.54) is 0 Å². The maximum Gasteiger partial charge on any atom is 0.263 e. The van der Waals surface area contributed by atoms with Crippen molar-refractivity contribution >= 4 is 22.6 Å². The number of rotatable bonds is 3. The first kappa shape index (κ1) is 16.5. The summed E-state index contributed by atoms with van der Waals surface area (Å²) >= 11 is 0. The van der Waals surface area contributed by atoms with Crippen molar-refractivity contribution in [2.45, 2.75) is 19.4 Å². The molecule has 0 aliphatic carbocycles. The number of fused-ring (bicyclic) bond motifs is 3. The Morgan fingerprint density at radius 1 is 1.04 bits per heavy atom. The third-order valence-corrected chi connectivity index (χ3v) is 5.28. The first-order chi connectivity index (χ1) is 13.8. The maximum atomic E-state index is 13.3. The van der Waals surface area contributed by atoms with Crippen molar-refractivity contribution in [2.75, 3.05) is 18.0 Å². The SMILES string of the molecule is N#Cc1ccc2c(c1)c(=O)n(Cc1ccccc1)c1nnc(N3CCCC3)n21. The molecule has 0 amide bonds. The van der Waals surface area contributed by atoms with E-state index in [0.717, 1.165) is 43.0 Å². The lowest BCUT2D eigenvalue weighted by atomic mass is 10.1. The van der Waals surface area contributed by atoms with Gasteiger partial charge in [-0.15, -0.1) is 10.2 Å². The van der Waals surface area contributed by atoms with E-state index in [9.17, 15) is 10.1 Å². The van der Waals surface area contributed by atoms with Gasteiger partial charge in [-0.1, -0.05) is 30.3 Å². The molecule has 3 heterocycles. The van der Waals surface area contributed by atoms with Crippen LogP contribution in [0.15, 0.2) is 53.3 Å². The zero-order valence-electron chi connectivity index (χ0n) is 15.2. The molecular formula is C21H18N6O. The second kappa shape index (κ2) is 6.50. The number of hydrogen-bond donors (Lipinski definition) is 0. The Balaban J connectivity index is 1.83. The van der Waals surface area contributed by atoms with E-state index in [1.807, 2.05) is 40.8 Å². The molecule has 0 saturated carbocycles. The molecule has 2 aromatic carbocycles. The molecule has 7 nitrogen and oxygen atoms in total. The minimum absolute atomic E-state index is 0.163. The lowest BCUT2D eigenvalue weighted by molar-refractivity contribution is 0.765. The van der Waals surface area contributed by atoms with Crippen molar-refractivity contribution in [3.63, 3.8) is 0 Å². The minimum atomic E-state index is -0.163. The highest BCUT2D eigenvalue weighted by Gasteiger charge is 2.22. The molecule has 7 heteroatoms. The van der Waals surface area contributed by atoms with Crippen molar-refractivity contribution in [2.24, 2.45) is 0 Å². The normalized spacial score (nSPS) is 14.0. The van der Waals surface area contributed by atoms with Crippen LogP contribution in [0.1, 0.15) is 24.0 Å². The molecule has 0 N–H and O–H groups in total. The van der Waals surface area contributed by atoms with Crippen LogP contribution in [0.5, 0.6) is 0 Å². The van der Waals surface area contributed by atoms with Gasteiger partial charge < -0.3 is 4.90 Å². The van der Waals surface area contributed by atoms with Crippen LogP contribution < -0.4 is 10.5 Å². The maximum absolute atomic E-state index is 13.3. The summed E-state index contributed by atoms with van der Waals surface area (Å²) in [6, 6.07) is 17.2. The number of hydrogen-bond acceptors (Lipinski definition) is 5. The van der Waals surface area contributed by atoms with Gasteiger partial charge in [0.25, 0.3) is 5.56 Å². The van der Waals surface area contributed by atoms with Crippen LogP contribution in [0.25, 0.3) is 16.7 Å². The molecule has 0 radical (unpaired) electrons. The van der Waals surface area contributed by atoms with Gasteiger partial charge in [-0.25, -0.2) is 4.40 Å². The van der Waals surface area contributed by atoms with Crippen LogP contribution >= 0.6 is 0 Å². The number of benzene rings is 2. The summed E-state index contributed by atoms with van der Waals surface area (Å²) in [5.41, 5.74) is 2.04. The Kier molecular flexibility index (Phi) is 3.83. The van der Waals surface area contributed by atoms with E-state index in [0.29, 0.717) is 23.3 Å². The third kappa shape index (κ3) is 2.54. The standard InChI is InChI=1S/C21H18N6O/c22-13-16-8-9-18-17(12-16)19(28)26(14-15-6-2-1-3-7-15)21-24-23-20(27(18)21)25-10-4-5-11-25/h1-3,6-9,12H,4-5,10-11,14H2. The second-order valence-corrected chi connectivity index (χ2v) is 7.05. The first-order valence-corrected chi connectivity index (χ1v) is 9.37. The van der Waals surface area contributed by atoms with Gasteiger partial charge >= 0.3 is 0 Å². The zero-order valence-corrected chi connectivity index (χ0v) is 15.2. The number of aromatic nitrogens is 4. The molecule has 0 bridgehead atoms. The highest BCUT2D eigenvalue weighted by molar-refractivity contribution is 5.83. The molecule has 0 spiro atoms. The molecule has 1 saturated heterocycles. The number of anilines is 1. The molecule has 0 atom stereocenters. The van der Waals surface area contributed by atoms with Crippen molar-refractivity contribution < 1.29 is 0 Å². The summed E-state index contributed by atoms with van der Waals surface area (Å²) in [4.78, 5) is 15.5. The Morgan fingerprint density at radius 3 is 2.57 bits per heavy atom. The predicted octanol–water partition coefficient (Wildman–Crippen LogP) is 2.56. The molecule has 2 aromatic heterocycles. The fraction of sp³-hybridized carbons (Fsp3) is 0.238. The molecule has 1 aliphatic heterocycles. The van der Waals surface area contributed by atoms with Crippen molar-refractivity contribution in [1.82, 2.24) is 19.2 Å². The zero-order chi connectivity index (χ0) is 19.1. The van der Waals surface area contributed by atoms with Crippen LogP contribution in [0.4, 0.5) is 5.95 Å². The van der Waals surface area contributed by atoms with Crippen LogP contribution in [-0.2, 0) is 6.54 Å². The molecule has 28 heavy (non-hydrogen) atoms. The van der Waals surface area contributed by atoms with E-state index in [-0.39, 0.29) is 5.56 Å². The number of nitriles is 1. The lowest BCUT2D eigenvalue weighted by Gasteiger charge is -2.17. The van der Waals surface area contributed by atoms with Gasteiger partial charge in [0.05, 0.1) is 29.1 Å². The van der Waals surface area contributed by atoms with Gasteiger partial charge in [-0.3, -0.25) is 9.36 Å². The Bertz CT molecular complexity index is 1280. The Labute approximate surface area is 161 Å². The summed E-state index contributed by atoms with van der Waals surface area (Å²) < 4.78 is 3.59. The third-order valence-electron chi connectivity index (χ3n) is 5.28. The minimum Gasteiger partial charge on any atom is -0.341 e. The summed E-state index contributed by atoms with van der Waals surface area (Å²) in [6.45, 7) is 2.25. The highest BCUT2D eigenvalue weighted by Crippen LogP contribution is 2.24. The van der Waals surface area contributed by atoms with E-state index in [4.69, 9.17) is 0 Å². The Hall–Kier alpha value is -3.66. The monoisotopic (exact) mass is 370 g/mol. The molecule has 5 rings (SSSR count). The highest BCUT2D eigenvalue weighted by atomic mass is 16.1.